The SMILES string of the molecule is O=C(c1ccccc1)N1CCN(c2cncc(N3CC[C@H](O)C3)n2)CC1. The second-order valence-corrected chi connectivity index (χ2v) is 6.77. The Hall–Kier alpha value is -2.67. The Bertz CT molecular complexity index is 762. The summed E-state index contributed by atoms with van der Waals surface area (Å²) in [6, 6.07) is 9.40. The van der Waals surface area contributed by atoms with Crippen LogP contribution in [0.1, 0.15) is 16.8 Å². The number of hydrogen-bond donors (Lipinski definition) is 1. The number of aliphatic hydroxyl groups is 1. The van der Waals surface area contributed by atoms with Crippen molar-refractivity contribution < 1.29 is 9.90 Å². The van der Waals surface area contributed by atoms with Gasteiger partial charge in [0, 0.05) is 44.8 Å². The molecule has 4 rings (SSSR count). The third-order valence-electron chi connectivity index (χ3n) is 5.01. The summed E-state index contributed by atoms with van der Waals surface area (Å²) in [5, 5.41) is 9.72. The van der Waals surface area contributed by atoms with Gasteiger partial charge in [0.15, 0.2) is 0 Å². The lowest BCUT2D eigenvalue weighted by molar-refractivity contribution is 0.0746. The number of nitrogens with zero attached hydrogens (tertiary/aromatic N) is 5. The van der Waals surface area contributed by atoms with Gasteiger partial charge in [0.25, 0.3) is 5.91 Å². The minimum absolute atomic E-state index is 0.0798. The van der Waals surface area contributed by atoms with Crippen LogP contribution in [0.25, 0.3) is 0 Å². The molecule has 2 saturated heterocycles. The van der Waals surface area contributed by atoms with Gasteiger partial charge in [-0.05, 0) is 18.6 Å². The van der Waals surface area contributed by atoms with Crippen LogP contribution < -0.4 is 9.80 Å². The van der Waals surface area contributed by atoms with Crippen LogP contribution in [-0.4, -0.2) is 71.3 Å². The first-order chi connectivity index (χ1) is 12.7. The van der Waals surface area contributed by atoms with Crippen LogP contribution in [0.15, 0.2) is 42.7 Å². The normalized spacial score (nSPS) is 20.5. The minimum Gasteiger partial charge on any atom is -0.391 e. The van der Waals surface area contributed by atoms with Crippen molar-refractivity contribution in [1.82, 2.24) is 14.9 Å². The standard InChI is InChI=1S/C19H23N5O2/c25-16-6-7-24(14-16)18-13-20-12-17(21-18)22-8-10-23(11-9-22)19(26)15-4-2-1-3-5-15/h1-5,12-13,16,25H,6-11,14H2/t16-/m0/s1. The molecular weight excluding hydrogens is 330 g/mol. The number of carbonyl (C=O) groups excluding carboxylic acids is 1. The summed E-state index contributed by atoms with van der Waals surface area (Å²) in [4.78, 5) is 27.7. The molecule has 1 N–H and O–H groups in total. The number of hydrogen-bond acceptors (Lipinski definition) is 6. The van der Waals surface area contributed by atoms with Crippen LogP contribution >= 0.6 is 0 Å². The van der Waals surface area contributed by atoms with Crippen molar-refractivity contribution in [1.29, 1.82) is 0 Å². The molecule has 136 valence electrons. The lowest BCUT2D eigenvalue weighted by Crippen LogP contribution is -2.49. The molecule has 7 heteroatoms. The van der Waals surface area contributed by atoms with Crippen molar-refractivity contribution in [2.75, 3.05) is 49.1 Å². The third-order valence-corrected chi connectivity index (χ3v) is 5.01. The Labute approximate surface area is 152 Å². The largest absolute Gasteiger partial charge is 0.391 e. The van der Waals surface area contributed by atoms with Crippen molar-refractivity contribution in [2.45, 2.75) is 12.5 Å². The molecule has 2 aliphatic heterocycles. The van der Waals surface area contributed by atoms with Gasteiger partial charge in [0.05, 0.1) is 18.5 Å². The van der Waals surface area contributed by atoms with E-state index in [2.05, 4.69) is 14.8 Å². The Balaban J connectivity index is 1.40. The molecule has 1 aromatic carbocycles. The number of carbonyl (C=O) groups is 1. The van der Waals surface area contributed by atoms with Crippen LogP contribution in [0, 0.1) is 0 Å². The maximum Gasteiger partial charge on any atom is 0.253 e. The van der Waals surface area contributed by atoms with Gasteiger partial charge >= 0.3 is 0 Å². The first kappa shape index (κ1) is 16.8. The number of aromatic nitrogens is 2. The number of rotatable bonds is 3. The van der Waals surface area contributed by atoms with Crippen molar-refractivity contribution >= 4 is 17.5 Å². The maximum absolute atomic E-state index is 12.6. The number of aliphatic hydroxyl groups excluding tert-OH is 1. The van der Waals surface area contributed by atoms with E-state index in [0.29, 0.717) is 19.6 Å². The fraction of sp³-hybridized carbons (Fsp3) is 0.421. The van der Waals surface area contributed by atoms with Gasteiger partial charge in [-0.25, -0.2) is 4.98 Å². The molecule has 0 aliphatic carbocycles. The molecule has 3 heterocycles. The Kier molecular flexibility index (Phi) is 4.71. The highest BCUT2D eigenvalue weighted by Crippen LogP contribution is 2.21. The molecule has 0 unspecified atom stereocenters. The first-order valence-corrected chi connectivity index (χ1v) is 9.05. The molecule has 1 aromatic heterocycles. The van der Waals surface area contributed by atoms with E-state index in [-0.39, 0.29) is 12.0 Å². The number of benzene rings is 1. The monoisotopic (exact) mass is 353 g/mol. The Morgan fingerprint density at radius 3 is 2.31 bits per heavy atom. The summed E-state index contributed by atoms with van der Waals surface area (Å²) in [5.41, 5.74) is 0.732. The molecule has 26 heavy (non-hydrogen) atoms. The number of anilines is 2. The molecule has 0 saturated carbocycles. The topological polar surface area (TPSA) is 72.8 Å². The second kappa shape index (κ2) is 7.29. The number of amides is 1. The summed E-state index contributed by atoms with van der Waals surface area (Å²) in [7, 11) is 0. The van der Waals surface area contributed by atoms with Gasteiger partial charge in [-0.2, -0.15) is 0 Å². The molecule has 0 radical (unpaired) electrons. The Morgan fingerprint density at radius 2 is 1.65 bits per heavy atom. The zero-order valence-electron chi connectivity index (χ0n) is 14.7. The van der Waals surface area contributed by atoms with Crippen LogP contribution in [0.4, 0.5) is 11.6 Å². The van der Waals surface area contributed by atoms with Gasteiger partial charge < -0.3 is 19.8 Å². The molecule has 2 aliphatic rings. The van der Waals surface area contributed by atoms with Crippen molar-refractivity contribution in [3.63, 3.8) is 0 Å². The van der Waals surface area contributed by atoms with Gasteiger partial charge in [-0.1, -0.05) is 18.2 Å². The summed E-state index contributed by atoms with van der Waals surface area (Å²) in [5.74, 6) is 1.72. The van der Waals surface area contributed by atoms with Gasteiger partial charge in [0.1, 0.15) is 11.6 Å². The van der Waals surface area contributed by atoms with E-state index in [1.54, 1.807) is 12.4 Å². The van der Waals surface area contributed by atoms with Gasteiger partial charge in [-0.3, -0.25) is 9.78 Å². The molecule has 0 spiro atoms. The molecular formula is C19H23N5O2. The summed E-state index contributed by atoms with van der Waals surface area (Å²) < 4.78 is 0. The van der Waals surface area contributed by atoms with E-state index < -0.39 is 0 Å². The van der Waals surface area contributed by atoms with Gasteiger partial charge in [-0.15, -0.1) is 0 Å². The van der Waals surface area contributed by atoms with E-state index >= 15 is 0 Å². The van der Waals surface area contributed by atoms with E-state index in [4.69, 9.17) is 4.98 Å². The molecule has 1 atom stereocenters. The molecule has 1 amide bonds. The molecule has 2 fully saturated rings. The van der Waals surface area contributed by atoms with E-state index in [1.165, 1.54) is 0 Å². The predicted octanol–water partition coefficient (Wildman–Crippen LogP) is 1.01. The molecule has 7 nitrogen and oxygen atoms in total. The maximum atomic E-state index is 12.6. The highest BCUT2D eigenvalue weighted by Gasteiger charge is 2.25. The minimum atomic E-state index is -0.284. The number of β-amino-alcohol motifs (C(OH)–C–C–N with tert-alkyl or cyclic N) is 1. The van der Waals surface area contributed by atoms with Crippen LogP contribution in [0.3, 0.4) is 0 Å². The number of piperazine rings is 1. The van der Waals surface area contributed by atoms with Gasteiger partial charge in [0.2, 0.25) is 0 Å². The summed E-state index contributed by atoms with van der Waals surface area (Å²) in [6.07, 6.45) is 4.00. The van der Waals surface area contributed by atoms with Crippen LogP contribution in [0.2, 0.25) is 0 Å². The lowest BCUT2D eigenvalue weighted by atomic mass is 10.2. The average Bonchev–Trinajstić information content (AvgIpc) is 3.15. The highest BCUT2D eigenvalue weighted by molar-refractivity contribution is 5.94. The van der Waals surface area contributed by atoms with E-state index in [9.17, 15) is 9.90 Å². The van der Waals surface area contributed by atoms with E-state index in [1.807, 2.05) is 35.2 Å². The average molecular weight is 353 g/mol. The Morgan fingerprint density at radius 1 is 0.962 bits per heavy atom. The zero-order valence-corrected chi connectivity index (χ0v) is 14.7. The fourth-order valence-electron chi connectivity index (χ4n) is 3.50. The quantitative estimate of drug-likeness (QED) is 0.888. The third kappa shape index (κ3) is 3.48. The van der Waals surface area contributed by atoms with Crippen molar-refractivity contribution in [2.24, 2.45) is 0 Å². The molecule has 2 aromatic rings. The van der Waals surface area contributed by atoms with Crippen molar-refractivity contribution in [3.8, 4) is 0 Å². The lowest BCUT2D eigenvalue weighted by Gasteiger charge is -2.35. The van der Waals surface area contributed by atoms with Crippen LogP contribution in [0.5, 0.6) is 0 Å². The second-order valence-electron chi connectivity index (χ2n) is 6.77. The molecule has 0 bridgehead atoms. The first-order valence-electron chi connectivity index (χ1n) is 9.05. The fourth-order valence-corrected chi connectivity index (χ4v) is 3.50. The van der Waals surface area contributed by atoms with Crippen LogP contribution in [-0.2, 0) is 0 Å². The zero-order chi connectivity index (χ0) is 17.9. The smallest absolute Gasteiger partial charge is 0.253 e. The predicted molar refractivity (Wildman–Crippen MR) is 99.4 cm³/mol. The van der Waals surface area contributed by atoms with Crippen molar-refractivity contribution in [3.05, 3.63) is 48.3 Å². The summed E-state index contributed by atoms with van der Waals surface area (Å²) >= 11 is 0. The van der Waals surface area contributed by atoms with E-state index in [0.717, 1.165) is 43.3 Å². The summed E-state index contributed by atoms with van der Waals surface area (Å²) in [6.45, 7) is 4.22. The highest BCUT2D eigenvalue weighted by atomic mass is 16.3.